The summed E-state index contributed by atoms with van der Waals surface area (Å²) in [5, 5.41) is 2.96. The third-order valence-electron chi connectivity index (χ3n) is 2.99. The SMILES string of the molecule is CC(C)(N)C(=O)Nc1ncc(Cc2cccc(C(F)(F)F)c2)s1. The molecule has 23 heavy (non-hydrogen) atoms. The lowest BCUT2D eigenvalue weighted by atomic mass is 10.1. The highest BCUT2D eigenvalue weighted by Gasteiger charge is 2.30. The second-order valence-corrected chi connectivity index (χ2v) is 6.80. The van der Waals surface area contributed by atoms with Crippen molar-refractivity contribution >= 4 is 22.4 Å². The lowest BCUT2D eigenvalue weighted by Crippen LogP contribution is -2.45. The highest BCUT2D eigenvalue weighted by molar-refractivity contribution is 7.15. The van der Waals surface area contributed by atoms with Gasteiger partial charge in [0.2, 0.25) is 5.91 Å². The highest BCUT2D eigenvalue weighted by Crippen LogP contribution is 2.30. The Bertz CT molecular complexity index is 704. The Balaban J connectivity index is 2.09. The number of benzene rings is 1. The topological polar surface area (TPSA) is 68.0 Å². The van der Waals surface area contributed by atoms with Crippen molar-refractivity contribution in [2.45, 2.75) is 32.0 Å². The zero-order valence-corrected chi connectivity index (χ0v) is 13.4. The summed E-state index contributed by atoms with van der Waals surface area (Å²) in [4.78, 5) is 16.6. The van der Waals surface area contributed by atoms with E-state index in [1.165, 1.54) is 23.6 Å². The van der Waals surface area contributed by atoms with Crippen LogP contribution in [0.4, 0.5) is 18.3 Å². The van der Waals surface area contributed by atoms with Gasteiger partial charge in [-0.05, 0) is 25.5 Å². The molecule has 0 saturated heterocycles. The van der Waals surface area contributed by atoms with Gasteiger partial charge in [-0.2, -0.15) is 13.2 Å². The molecular weight excluding hydrogens is 327 g/mol. The number of alkyl halides is 3. The first-order valence-electron chi connectivity index (χ1n) is 6.77. The Morgan fingerprint density at radius 3 is 2.65 bits per heavy atom. The molecule has 0 radical (unpaired) electrons. The van der Waals surface area contributed by atoms with Crippen molar-refractivity contribution in [2.24, 2.45) is 5.73 Å². The molecule has 0 aliphatic heterocycles. The summed E-state index contributed by atoms with van der Waals surface area (Å²) >= 11 is 1.21. The molecule has 0 bridgehead atoms. The first-order valence-corrected chi connectivity index (χ1v) is 7.58. The van der Waals surface area contributed by atoms with Crippen LogP contribution in [0.15, 0.2) is 30.5 Å². The molecule has 2 aromatic rings. The predicted octanol–water partition coefficient (Wildman–Crippen LogP) is 3.43. The first kappa shape index (κ1) is 17.4. The molecule has 3 N–H and O–H groups in total. The molecule has 1 aromatic heterocycles. The minimum atomic E-state index is -4.37. The van der Waals surface area contributed by atoms with E-state index in [1.54, 1.807) is 19.9 Å². The number of halogens is 3. The van der Waals surface area contributed by atoms with Crippen molar-refractivity contribution in [3.8, 4) is 0 Å². The summed E-state index contributed by atoms with van der Waals surface area (Å²) in [6.07, 6.45) is -2.52. The van der Waals surface area contributed by atoms with Crippen molar-refractivity contribution in [2.75, 3.05) is 5.32 Å². The van der Waals surface area contributed by atoms with Gasteiger partial charge in [0.05, 0.1) is 11.1 Å². The Morgan fingerprint density at radius 2 is 2.04 bits per heavy atom. The van der Waals surface area contributed by atoms with Gasteiger partial charge in [0.15, 0.2) is 5.13 Å². The predicted molar refractivity (Wildman–Crippen MR) is 83.3 cm³/mol. The molecule has 8 heteroatoms. The van der Waals surface area contributed by atoms with Gasteiger partial charge in [-0.15, -0.1) is 11.3 Å². The second-order valence-electron chi connectivity index (χ2n) is 5.68. The smallest absolute Gasteiger partial charge is 0.318 e. The number of thiazole rings is 1. The van der Waals surface area contributed by atoms with Crippen LogP contribution in [0.1, 0.15) is 29.9 Å². The number of rotatable bonds is 4. The van der Waals surface area contributed by atoms with Crippen LogP contribution in [-0.2, 0) is 17.4 Å². The van der Waals surface area contributed by atoms with E-state index in [2.05, 4.69) is 10.3 Å². The minimum Gasteiger partial charge on any atom is -0.318 e. The Morgan fingerprint density at radius 1 is 1.35 bits per heavy atom. The van der Waals surface area contributed by atoms with E-state index in [4.69, 9.17) is 5.73 Å². The molecule has 0 spiro atoms. The van der Waals surface area contributed by atoms with Crippen LogP contribution in [0.5, 0.6) is 0 Å². The molecule has 124 valence electrons. The number of nitrogens with one attached hydrogen (secondary N) is 1. The fourth-order valence-corrected chi connectivity index (χ4v) is 2.61. The van der Waals surface area contributed by atoms with Crippen molar-refractivity contribution < 1.29 is 18.0 Å². The van der Waals surface area contributed by atoms with Crippen LogP contribution in [0.3, 0.4) is 0 Å². The average Bonchev–Trinajstić information content (AvgIpc) is 2.84. The number of carbonyl (C=O) groups is 1. The van der Waals surface area contributed by atoms with Crippen LogP contribution in [0.25, 0.3) is 0 Å². The molecule has 0 aliphatic carbocycles. The average molecular weight is 343 g/mol. The third-order valence-corrected chi connectivity index (χ3v) is 3.90. The minimum absolute atomic E-state index is 0.309. The third kappa shape index (κ3) is 4.77. The van der Waals surface area contributed by atoms with Crippen LogP contribution >= 0.6 is 11.3 Å². The van der Waals surface area contributed by atoms with E-state index in [0.29, 0.717) is 17.1 Å². The number of hydrogen-bond acceptors (Lipinski definition) is 4. The molecule has 0 atom stereocenters. The number of anilines is 1. The summed E-state index contributed by atoms with van der Waals surface area (Å²) in [5.41, 5.74) is 4.48. The number of nitrogens with two attached hydrogens (primary N) is 1. The fourth-order valence-electron chi connectivity index (χ4n) is 1.76. The van der Waals surface area contributed by atoms with E-state index in [1.807, 2.05) is 0 Å². The largest absolute Gasteiger partial charge is 0.416 e. The zero-order valence-electron chi connectivity index (χ0n) is 12.6. The molecule has 1 heterocycles. The molecule has 2 rings (SSSR count). The van der Waals surface area contributed by atoms with Gasteiger partial charge in [-0.1, -0.05) is 18.2 Å². The molecule has 0 saturated carbocycles. The zero-order chi connectivity index (χ0) is 17.3. The van der Waals surface area contributed by atoms with Crippen molar-refractivity contribution in [1.29, 1.82) is 0 Å². The Hall–Kier alpha value is -1.93. The summed E-state index contributed by atoms with van der Waals surface area (Å²) < 4.78 is 38.1. The molecule has 4 nitrogen and oxygen atoms in total. The second kappa shape index (κ2) is 6.29. The number of amides is 1. The summed E-state index contributed by atoms with van der Waals surface area (Å²) in [6.45, 7) is 3.14. The van der Waals surface area contributed by atoms with Gasteiger partial charge in [0, 0.05) is 17.5 Å². The van der Waals surface area contributed by atoms with E-state index >= 15 is 0 Å². The summed E-state index contributed by atoms with van der Waals surface area (Å²) in [5.74, 6) is -0.377. The number of aromatic nitrogens is 1. The maximum Gasteiger partial charge on any atom is 0.416 e. The monoisotopic (exact) mass is 343 g/mol. The number of hydrogen-bond donors (Lipinski definition) is 2. The molecule has 0 fully saturated rings. The van der Waals surface area contributed by atoms with Gasteiger partial charge < -0.3 is 11.1 Å². The van der Waals surface area contributed by atoms with Crippen molar-refractivity contribution in [1.82, 2.24) is 4.98 Å². The quantitative estimate of drug-likeness (QED) is 0.894. The van der Waals surface area contributed by atoms with Gasteiger partial charge in [0.1, 0.15) is 0 Å². The van der Waals surface area contributed by atoms with Gasteiger partial charge in [-0.25, -0.2) is 4.98 Å². The lowest BCUT2D eigenvalue weighted by molar-refractivity contribution is -0.137. The molecule has 1 aromatic carbocycles. The number of nitrogens with zero attached hydrogens (tertiary/aromatic N) is 1. The van der Waals surface area contributed by atoms with Crippen LogP contribution < -0.4 is 11.1 Å². The van der Waals surface area contributed by atoms with Crippen molar-refractivity contribution in [3.05, 3.63) is 46.5 Å². The summed E-state index contributed by atoms with van der Waals surface area (Å²) in [6, 6.07) is 5.14. The maximum atomic E-state index is 12.7. The van der Waals surface area contributed by atoms with Gasteiger partial charge in [-0.3, -0.25) is 4.79 Å². The normalized spacial score (nSPS) is 12.3. The van der Waals surface area contributed by atoms with Crippen molar-refractivity contribution in [3.63, 3.8) is 0 Å². The molecule has 1 amide bonds. The maximum absolute atomic E-state index is 12.7. The lowest BCUT2D eigenvalue weighted by Gasteiger charge is -2.16. The molecular formula is C15H16F3N3OS. The number of carbonyl (C=O) groups excluding carboxylic acids is 1. The Labute approximate surface area is 135 Å². The van der Waals surface area contributed by atoms with Crippen LogP contribution in [0.2, 0.25) is 0 Å². The van der Waals surface area contributed by atoms with Crippen LogP contribution in [0, 0.1) is 0 Å². The molecule has 0 aliphatic rings. The van der Waals surface area contributed by atoms with E-state index in [0.717, 1.165) is 17.0 Å². The van der Waals surface area contributed by atoms with Crippen LogP contribution in [-0.4, -0.2) is 16.4 Å². The Kier molecular flexibility index (Phi) is 4.76. The molecule has 0 unspecified atom stereocenters. The van der Waals surface area contributed by atoms with E-state index in [-0.39, 0.29) is 5.91 Å². The standard InChI is InChI=1S/C15H16F3N3OS/c1-14(2,19)12(22)21-13-20-8-11(23-13)7-9-4-3-5-10(6-9)15(16,17)18/h3-6,8H,7,19H2,1-2H3,(H,20,21,22). The van der Waals surface area contributed by atoms with E-state index < -0.39 is 17.3 Å². The van der Waals surface area contributed by atoms with E-state index in [9.17, 15) is 18.0 Å². The van der Waals surface area contributed by atoms with Gasteiger partial charge >= 0.3 is 6.18 Å². The summed E-state index contributed by atoms with van der Waals surface area (Å²) in [7, 11) is 0. The van der Waals surface area contributed by atoms with Gasteiger partial charge in [0.25, 0.3) is 0 Å². The fraction of sp³-hybridized carbons (Fsp3) is 0.333. The first-order chi connectivity index (χ1) is 10.6. The highest BCUT2D eigenvalue weighted by atomic mass is 32.1.